The van der Waals surface area contributed by atoms with Crippen LogP contribution < -0.4 is 4.74 Å². The molecule has 0 spiro atoms. The van der Waals surface area contributed by atoms with E-state index in [1.54, 1.807) is 11.3 Å². The van der Waals surface area contributed by atoms with E-state index < -0.39 is 6.10 Å². The highest BCUT2D eigenvalue weighted by atomic mass is 32.1. The molecule has 1 N–H and O–H groups in total. The zero-order valence-electron chi connectivity index (χ0n) is 11.6. The third kappa shape index (κ3) is 3.37. The van der Waals surface area contributed by atoms with E-state index in [1.807, 2.05) is 24.3 Å². The summed E-state index contributed by atoms with van der Waals surface area (Å²) in [4.78, 5) is 2.26. The van der Waals surface area contributed by atoms with E-state index in [2.05, 4.69) is 26.8 Å². The summed E-state index contributed by atoms with van der Waals surface area (Å²) in [6.45, 7) is 6.96. The standard InChI is InChI=1S/C16H20O2S/c1-4-9-18-14-7-5-13(6-8-14)16(17)15-10-11(2)12(3)19-15/h5-8,10,16-17H,4,9H2,1-3H3. The van der Waals surface area contributed by atoms with Crippen LogP contribution in [0.5, 0.6) is 5.75 Å². The molecule has 1 aromatic carbocycles. The minimum absolute atomic E-state index is 0.544. The molecule has 0 amide bonds. The van der Waals surface area contributed by atoms with Crippen molar-refractivity contribution in [3.8, 4) is 5.75 Å². The molecule has 1 unspecified atom stereocenters. The maximum atomic E-state index is 10.4. The molecule has 3 heteroatoms. The number of thiophene rings is 1. The van der Waals surface area contributed by atoms with Crippen molar-refractivity contribution in [2.45, 2.75) is 33.3 Å². The van der Waals surface area contributed by atoms with Gasteiger partial charge in [-0.1, -0.05) is 19.1 Å². The second-order valence-corrected chi connectivity index (χ2v) is 6.00. The third-order valence-corrected chi connectivity index (χ3v) is 4.33. The number of rotatable bonds is 5. The summed E-state index contributed by atoms with van der Waals surface area (Å²) in [5.41, 5.74) is 2.15. The Bertz CT molecular complexity index is 509. The van der Waals surface area contributed by atoms with Gasteiger partial charge < -0.3 is 9.84 Å². The zero-order chi connectivity index (χ0) is 13.8. The fraction of sp³-hybridized carbons (Fsp3) is 0.375. The van der Waals surface area contributed by atoms with Crippen molar-refractivity contribution in [1.29, 1.82) is 0 Å². The molecule has 0 aliphatic carbocycles. The second-order valence-electron chi connectivity index (χ2n) is 4.71. The molecular weight excluding hydrogens is 256 g/mol. The maximum absolute atomic E-state index is 10.4. The molecule has 0 saturated carbocycles. The van der Waals surface area contributed by atoms with Crippen molar-refractivity contribution in [3.05, 3.63) is 51.2 Å². The molecule has 0 saturated heterocycles. The molecule has 1 aromatic heterocycles. The van der Waals surface area contributed by atoms with Crippen molar-refractivity contribution >= 4 is 11.3 Å². The lowest BCUT2D eigenvalue weighted by Gasteiger charge is -2.10. The van der Waals surface area contributed by atoms with Gasteiger partial charge in [0.2, 0.25) is 0 Å². The van der Waals surface area contributed by atoms with Gasteiger partial charge in [-0.15, -0.1) is 11.3 Å². The molecule has 1 atom stereocenters. The van der Waals surface area contributed by atoms with Gasteiger partial charge in [0.05, 0.1) is 6.61 Å². The molecule has 0 fully saturated rings. The lowest BCUT2D eigenvalue weighted by atomic mass is 10.1. The van der Waals surface area contributed by atoms with Crippen LogP contribution in [0.2, 0.25) is 0 Å². The van der Waals surface area contributed by atoms with Gasteiger partial charge in [-0.25, -0.2) is 0 Å². The molecule has 0 aliphatic heterocycles. The van der Waals surface area contributed by atoms with Gasteiger partial charge in [0.1, 0.15) is 11.9 Å². The molecular formula is C16H20O2S. The van der Waals surface area contributed by atoms with Crippen molar-refractivity contribution in [2.24, 2.45) is 0 Å². The Kier molecular flexibility index (Phi) is 4.61. The first kappa shape index (κ1) is 14.1. The molecule has 2 nitrogen and oxygen atoms in total. The topological polar surface area (TPSA) is 29.5 Å². The van der Waals surface area contributed by atoms with Gasteiger partial charge in [-0.05, 0) is 49.6 Å². The van der Waals surface area contributed by atoms with E-state index in [1.165, 1.54) is 10.4 Å². The zero-order valence-corrected chi connectivity index (χ0v) is 12.5. The summed E-state index contributed by atoms with van der Waals surface area (Å²) < 4.78 is 5.54. The van der Waals surface area contributed by atoms with Crippen LogP contribution in [-0.4, -0.2) is 11.7 Å². The molecule has 0 aliphatic rings. The van der Waals surface area contributed by atoms with E-state index in [4.69, 9.17) is 4.74 Å². The molecule has 102 valence electrons. The van der Waals surface area contributed by atoms with Crippen LogP contribution in [0.4, 0.5) is 0 Å². The maximum Gasteiger partial charge on any atom is 0.119 e. The Morgan fingerprint density at radius 2 is 1.89 bits per heavy atom. The van der Waals surface area contributed by atoms with Crippen molar-refractivity contribution < 1.29 is 9.84 Å². The average Bonchev–Trinajstić information content (AvgIpc) is 2.76. The first-order valence-corrected chi connectivity index (χ1v) is 7.41. The highest BCUT2D eigenvalue weighted by Gasteiger charge is 2.13. The normalized spacial score (nSPS) is 12.4. The van der Waals surface area contributed by atoms with E-state index in [0.717, 1.165) is 29.2 Å². The number of aliphatic hydroxyl groups is 1. The third-order valence-electron chi connectivity index (χ3n) is 3.12. The Morgan fingerprint density at radius 1 is 1.21 bits per heavy atom. The quantitative estimate of drug-likeness (QED) is 0.885. The molecule has 19 heavy (non-hydrogen) atoms. The predicted molar refractivity (Wildman–Crippen MR) is 80.1 cm³/mol. The molecule has 0 bridgehead atoms. The number of hydrogen-bond acceptors (Lipinski definition) is 3. The monoisotopic (exact) mass is 276 g/mol. The van der Waals surface area contributed by atoms with E-state index in [9.17, 15) is 5.11 Å². The van der Waals surface area contributed by atoms with Gasteiger partial charge >= 0.3 is 0 Å². The van der Waals surface area contributed by atoms with Crippen LogP contribution in [-0.2, 0) is 0 Å². The minimum Gasteiger partial charge on any atom is -0.494 e. The molecule has 1 heterocycles. The first-order chi connectivity index (χ1) is 9.11. The van der Waals surface area contributed by atoms with Gasteiger partial charge in [0.25, 0.3) is 0 Å². The molecule has 2 rings (SSSR count). The Hall–Kier alpha value is -1.32. The summed E-state index contributed by atoms with van der Waals surface area (Å²) in [5, 5.41) is 10.4. The van der Waals surface area contributed by atoms with E-state index in [-0.39, 0.29) is 0 Å². The van der Waals surface area contributed by atoms with Crippen LogP contribution in [0.1, 0.15) is 40.3 Å². The number of benzene rings is 1. The van der Waals surface area contributed by atoms with E-state index >= 15 is 0 Å². The van der Waals surface area contributed by atoms with Gasteiger partial charge in [0, 0.05) is 9.75 Å². The SMILES string of the molecule is CCCOc1ccc(C(O)c2cc(C)c(C)s2)cc1. The molecule has 2 aromatic rings. The van der Waals surface area contributed by atoms with Crippen LogP contribution >= 0.6 is 11.3 Å². The van der Waals surface area contributed by atoms with Crippen molar-refractivity contribution in [3.63, 3.8) is 0 Å². The second kappa shape index (κ2) is 6.22. The Labute approximate surface area is 118 Å². The first-order valence-electron chi connectivity index (χ1n) is 6.59. The summed E-state index contributed by atoms with van der Waals surface area (Å²) >= 11 is 1.65. The average molecular weight is 276 g/mol. The van der Waals surface area contributed by atoms with Crippen LogP contribution in [0.3, 0.4) is 0 Å². The summed E-state index contributed by atoms with van der Waals surface area (Å²) in [6, 6.07) is 9.76. The van der Waals surface area contributed by atoms with Gasteiger partial charge in [-0.2, -0.15) is 0 Å². The fourth-order valence-electron chi connectivity index (χ4n) is 1.87. The lowest BCUT2D eigenvalue weighted by molar-refractivity contribution is 0.224. The van der Waals surface area contributed by atoms with Crippen LogP contribution in [0.15, 0.2) is 30.3 Å². The lowest BCUT2D eigenvalue weighted by Crippen LogP contribution is -1.98. The number of hydrogen-bond donors (Lipinski definition) is 1. The number of aliphatic hydroxyl groups excluding tert-OH is 1. The molecule has 0 radical (unpaired) electrons. The van der Waals surface area contributed by atoms with Crippen molar-refractivity contribution in [1.82, 2.24) is 0 Å². The smallest absolute Gasteiger partial charge is 0.119 e. The highest BCUT2D eigenvalue weighted by molar-refractivity contribution is 7.12. The summed E-state index contributed by atoms with van der Waals surface area (Å²) in [5.74, 6) is 0.858. The predicted octanol–water partition coefficient (Wildman–Crippen LogP) is 4.24. The summed E-state index contributed by atoms with van der Waals surface area (Å²) in [6.07, 6.45) is 0.454. The van der Waals surface area contributed by atoms with Gasteiger partial charge in [0.15, 0.2) is 0 Å². The minimum atomic E-state index is -0.544. The van der Waals surface area contributed by atoms with Gasteiger partial charge in [-0.3, -0.25) is 0 Å². The van der Waals surface area contributed by atoms with Crippen molar-refractivity contribution in [2.75, 3.05) is 6.61 Å². The largest absolute Gasteiger partial charge is 0.494 e. The Morgan fingerprint density at radius 3 is 2.42 bits per heavy atom. The van der Waals surface area contributed by atoms with Crippen LogP contribution in [0.25, 0.3) is 0 Å². The highest BCUT2D eigenvalue weighted by Crippen LogP contribution is 2.31. The van der Waals surface area contributed by atoms with E-state index in [0.29, 0.717) is 0 Å². The number of ether oxygens (including phenoxy) is 1. The Balaban J connectivity index is 2.13. The number of aryl methyl sites for hydroxylation is 2. The fourth-order valence-corrected chi connectivity index (χ4v) is 2.92. The van der Waals surface area contributed by atoms with Crippen LogP contribution in [0, 0.1) is 13.8 Å². The summed E-state index contributed by atoms with van der Waals surface area (Å²) in [7, 11) is 0.